The molecule has 1 atom stereocenters. The molecule has 0 saturated carbocycles. The molecule has 1 unspecified atom stereocenters. The maximum Gasteiger partial charge on any atom is 0.288 e. The highest BCUT2D eigenvalue weighted by molar-refractivity contribution is 8.00. The fourth-order valence-electron chi connectivity index (χ4n) is 2.15. The summed E-state index contributed by atoms with van der Waals surface area (Å²) in [5.41, 5.74) is 0.522. The molecule has 0 aliphatic heterocycles. The van der Waals surface area contributed by atoms with Crippen molar-refractivity contribution in [1.82, 2.24) is 5.32 Å². The number of carbonyl (C=O) groups is 2. The summed E-state index contributed by atoms with van der Waals surface area (Å²) < 4.78 is 5.10. The van der Waals surface area contributed by atoms with Crippen molar-refractivity contribution in [3.8, 4) is 0 Å². The summed E-state index contributed by atoms with van der Waals surface area (Å²) in [7, 11) is 0. The Morgan fingerprint density at radius 3 is 2.32 bits per heavy atom. The Bertz CT molecular complexity index is 848. The summed E-state index contributed by atoms with van der Waals surface area (Å²) in [6.45, 7) is 0. The zero-order valence-corrected chi connectivity index (χ0v) is 14.6. The van der Waals surface area contributed by atoms with Crippen LogP contribution in [0.4, 0.5) is 0 Å². The summed E-state index contributed by atoms with van der Waals surface area (Å²) in [5.74, 6) is -0.483. The van der Waals surface area contributed by atoms with Gasteiger partial charge in [-0.2, -0.15) is 0 Å². The predicted octanol–water partition coefficient (Wildman–Crippen LogP) is 4.66. The molecular formula is C19H14ClNO3S. The first kappa shape index (κ1) is 17.3. The van der Waals surface area contributed by atoms with E-state index in [1.807, 2.05) is 6.07 Å². The first-order chi connectivity index (χ1) is 12.1. The number of nitrogens with one attached hydrogen (secondary N) is 1. The molecule has 3 aromatic rings. The average Bonchev–Trinajstić information content (AvgIpc) is 3.18. The molecule has 1 heterocycles. The van der Waals surface area contributed by atoms with Crippen molar-refractivity contribution < 1.29 is 14.0 Å². The summed E-state index contributed by atoms with van der Waals surface area (Å²) in [5, 5.41) is 2.54. The van der Waals surface area contributed by atoms with Crippen LogP contribution in [0, 0.1) is 0 Å². The van der Waals surface area contributed by atoms with Gasteiger partial charge >= 0.3 is 0 Å². The van der Waals surface area contributed by atoms with Gasteiger partial charge in [0, 0.05) is 15.5 Å². The Hall–Kier alpha value is -2.50. The highest BCUT2D eigenvalue weighted by Crippen LogP contribution is 2.26. The number of hydrogen-bond donors (Lipinski definition) is 1. The SMILES string of the molecule is O=C(NC(Sc1ccc(Cl)cc1)C(=O)c1ccccc1)c1ccco1. The lowest BCUT2D eigenvalue weighted by Crippen LogP contribution is -2.38. The van der Waals surface area contributed by atoms with Crippen LogP contribution in [0.2, 0.25) is 5.02 Å². The van der Waals surface area contributed by atoms with E-state index in [0.717, 1.165) is 4.90 Å². The molecule has 6 heteroatoms. The molecule has 0 aliphatic carbocycles. The Balaban J connectivity index is 1.83. The third-order valence-corrected chi connectivity index (χ3v) is 4.74. The van der Waals surface area contributed by atoms with Gasteiger partial charge in [0.25, 0.3) is 5.91 Å². The van der Waals surface area contributed by atoms with Crippen molar-refractivity contribution in [2.75, 3.05) is 0 Å². The van der Waals surface area contributed by atoms with Crippen LogP contribution < -0.4 is 5.32 Å². The van der Waals surface area contributed by atoms with E-state index < -0.39 is 11.3 Å². The van der Waals surface area contributed by atoms with E-state index in [-0.39, 0.29) is 11.5 Å². The fourth-order valence-corrected chi connectivity index (χ4v) is 3.25. The van der Waals surface area contributed by atoms with E-state index >= 15 is 0 Å². The lowest BCUT2D eigenvalue weighted by molar-refractivity contribution is 0.0874. The van der Waals surface area contributed by atoms with E-state index in [2.05, 4.69) is 5.32 Å². The van der Waals surface area contributed by atoms with Crippen molar-refractivity contribution in [1.29, 1.82) is 0 Å². The van der Waals surface area contributed by atoms with Crippen molar-refractivity contribution in [3.63, 3.8) is 0 Å². The number of hydrogen-bond acceptors (Lipinski definition) is 4. The Morgan fingerprint density at radius 1 is 0.960 bits per heavy atom. The molecule has 126 valence electrons. The Morgan fingerprint density at radius 2 is 1.68 bits per heavy atom. The number of thioether (sulfide) groups is 1. The third-order valence-electron chi connectivity index (χ3n) is 3.37. The summed E-state index contributed by atoms with van der Waals surface area (Å²) >= 11 is 7.14. The van der Waals surface area contributed by atoms with Gasteiger partial charge in [0.05, 0.1) is 6.26 Å². The number of furan rings is 1. The Labute approximate surface area is 154 Å². The fraction of sp³-hybridized carbons (Fsp3) is 0.0526. The molecule has 0 saturated heterocycles. The number of halogens is 1. The number of ketones is 1. The van der Waals surface area contributed by atoms with Crippen LogP contribution in [0.5, 0.6) is 0 Å². The van der Waals surface area contributed by atoms with E-state index in [0.29, 0.717) is 10.6 Å². The molecule has 0 aliphatic rings. The smallest absolute Gasteiger partial charge is 0.288 e. The number of rotatable bonds is 6. The molecule has 2 aromatic carbocycles. The minimum absolute atomic E-state index is 0.155. The highest BCUT2D eigenvalue weighted by Gasteiger charge is 2.24. The quantitative estimate of drug-likeness (QED) is 0.389. The second-order valence-electron chi connectivity index (χ2n) is 5.13. The number of benzene rings is 2. The van der Waals surface area contributed by atoms with Crippen LogP contribution in [0.15, 0.2) is 82.3 Å². The van der Waals surface area contributed by atoms with Crippen LogP contribution in [0.25, 0.3) is 0 Å². The molecular weight excluding hydrogens is 358 g/mol. The van der Waals surface area contributed by atoms with Crippen molar-refractivity contribution >= 4 is 35.1 Å². The lowest BCUT2D eigenvalue weighted by Gasteiger charge is -2.17. The molecule has 0 radical (unpaired) electrons. The molecule has 0 bridgehead atoms. The number of Topliss-reactive ketones (excluding diaryl/α,β-unsaturated/α-hetero) is 1. The van der Waals surface area contributed by atoms with Gasteiger partial charge in [0.1, 0.15) is 5.37 Å². The van der Waals surface area contributed by atoms with Crippen LogP contribution >= 0.6 is 23.4 Å². The van der Waals surface area contributed by atoms with Crippen molar-refractivity contribution in [3.05, 3.63) is 89.3 Å². The normalized spacial score (nSPS) is 11.7. The zero-order valence-electron chi connectivity index (χ0n) is 13.0. The van der Waals surface area contributed by atoms with Gasteiger partial charge in [-0.25, -0.2) is 0 Å². The van der Waals surface area contributed by atoms with Crippen LogP contribution in [-0.4, -0.2) is 17.1 Å². The van der Waals surface area contributed by atoms with Gasteiger partial charge in [-0.1, -0.05) is 53.7 Å². The molecule has 25 heavy (non-hydrogen) atoms. The van der Waals surface area contributed by atoms with E-state index in [9.17, 15) is 9.59 Å². The summed E-state index contributed by atoms with van der Waals surface area (Å²) in [6, 6.07) is 19.1. The van der Waals surface area contributed by atoms with Gasteiger partial charge in [-0.15, -0.1) is 0 Å². The van der Waals surface area contributed by atoms with Crippen molar-refractivity contribution in [2.24, 2.45) is 0 Å². The van der Waals surface area contributed by atoms with Gasteiger partial charge in [0.15, 0.2) is 11.5 Å². The Kier molecular flexibility index (Phi) is 5.58. The minimum atomic E-state index is -0.791. The van der Waals surface area contributed by atoms with Crippen molar-refractivity contribution in [2.45, 2.75) is 10.3 Å². The molecule has 4 nitrogen and oxygen atoms in total. The molecule has 3 rings (SSSR count). The molecule has 0 fully saturated rings. The second-order valence-corrected chi connectivity index (χ2v) is 6.75. The van der Waals surface area contributed by atoms with E-state index in [1.165, 1.54) is 18.0 Å². The van der Waals surface area contributed by atoms with Crippen LogP contribution in [0.3, 0.4) is 0 Å². The first-order valence-corrected chi connectivity index (χ1v) is 8.75. The maximum atomic E-state index is 12.8. The standard InChI is InChI=1S/C19H14ClNO3S/c20-14-8-10-15(11-9-14)25-19(17(22)13-5-2-1-3-6-13)21-18(23)16-7-4-12-24-16/h1-12,19H,(H,21,23). The largest absolute Gasteiger partial charge is 0.459 e. The number of carbonyl (C=O) groups excluding carboxylic acids is 2. The maximum absolute atomic E-state index is 12.8. The van der Waals surface area contributed by atoms with Gasteiger partial charge in [-0.3, -0.25) is 9.59 Å². The average molecular weight is 372 g/mol. The van der Waals surface area contributed by atoms with Crippen LogP contribution in [0.1, 0.15) is 20.9 Å². The number of amides is 1. The monoisotopic (exact) mass is 371 g/mol. The van der Waals surface area contributed by atoms with E-state index in [4.69, 9.17) is 16.0 Å². The van der Waals surface area contributed by atoms with Gasteiger partial charge in [0.2, 0.25) is 0 Å². The molecule has 0 spiro atoms. The third kappa shape index (κ3) is 4.53. The van der Waals surface area contributed by atoms with Gasteiger partial charge < -0.3 is 9.73 Å². The predicted molar refractivity (Wildman–Crippen MR) is 98.0 cm³/mol. The van der Waals surface area contributed by atoms with E-state index in [1.54, 1.807) is 60.7 Å². The van der Waals surface area contributed by atoms with Gasteiger partial charge in [-0.05, 0) is 36.4 Å². The zero-order chi connectivity index (χ0) is 17.6. The van der Waals surface area contributed by atoms with Crippen LogP contribution in [-0.2, 0) is 0 Å². The second kappa shape index (κ2) is 8.05. The first-order valence-electron chi connectivity index (χ1n) is 7.49. The highest BCUT2D eigenvalue weighted by atomic mass is 35.5. The minimum Gasteiger partial charge on any atom is -0.459 e. The molecule has 1 N–H and O–H groups in total. The molecule has 1 amide bonds. The lowest BCUT2D eigenvalue weighted by atomic mass is 10.1. The summed E-state index contributed by atoms with van der Waals surface area (Å²) in [6.07, 6.45) is 1.41. The molecule has 1 aromatic heterocycles. The summed E-state index contributed by atoms with van der Waals surface area (Å²) in [4.78, 5) is 26.0. The topological polar surface area (TPSA) is 59.3 Å².